The van der Waals surface area contributed by atoms with Crippen LogP contribution in [-0.2, 0) is 4.79 Å². The van der Waals surface area contributed by atoms with Gasteiger partial charge in [0.15, 0.2) is 0 Å². The summed E-state index contributed by atoms with van der Waals surface area (Å²) in [4.78, 5) is 14.1. The van der Waals surface area contributed by atoms with E-state index >= 15 is 0 Å². The second kappa shape index (κ2) is 4.97. The van der Waals surface area contributed by atoms with Crippen molar-refractivity contribution in [2.75, 3.05) is 6.54 Å². The summed E-state index contributed by atoms with van der Waals surface area (Å²) in [5, 5.41) is 3.39. The minimum Gasteiger partial charge on any atom is -0.326 e. The fraction of sp³-hybridized carbons (Fsp3) is 0.917. The molecule has 0 aromatic carbocycles. The number of hydrogen-bond acceptors (Lipinski definition) is 2. The van der Waals surface area contributed by atoms with Gasteiger partial charge in [-0.3, -0.25) is 10.1 Å². The van der Waals surface area contributed by atoms with Gasteiger partial charge in [0, 0.05) is 6.54 Å². The summed E-state index contributed by atoms with van der Waals surface area (Å²) in [5.41, 5.74) is 0. The highest BCUT2D eigenvalue weighted by molar-refractivity contribution is 5.84. The quantitative estimate of drug-likeness (QED) is 0.771. The first-order valence-corrected chi connectivity index (χ1v) is 6.03. The molecule has 1 N–H and O–H groups in total. The van der Waals surface area contributed by atoms with Crippen LogP contribution >= 0.6 is 0 Å². The van der Waals surface area contributed by atoms with Gasteiger partial charge in [0.2, 0.25) is 5.91 Å². The highest BCUT2D eigenvalue weighted by atomic mass is 16.2. The second-order valence-electron chi connectivity index (χ2n) is 5.09. The topological polar surface area (TPSA) is 32.3 Å². The molecule has 1 aliphatic rings. The molecule has 0 saturated carbocycles. The zero-order valence-electron chi connectivity index (χ0n) is 10.6. The molecule has 1 fully saturated rings. The van der Waals surface area contributed by atoms with Crippen molar-refractivity contribution < 1.29 is 4.79 Å². The van der Waals surface area contributed by atoms with Crippen LogP contribution in [0.4, 0.5) is 0 Å². The lowest BCUT2D eigenvalue weighted by atomic mass is 9.99. The largest absolute Gasteiger partial charge is 0.326 e. The van der Waals surface area contributed by atoms with Crippen molar-refractivity contribution in [3.63, 3.8) is 0 Å². The molecule has 15 heavy (non-hydrogen) atoms. The lowest BCUT2D eigenvalue weighted by Crippen LogP contribution is -2.37. The van der Waals surface area contributed by atoms with E-state index in [2.05, 4.69) is 39.9 Å². The van der Waals surface area contributed by atoms with Crippen LogP contribution in [0.3, 0.4) is 0 Å². The Kier molecular flexibility index (Phi) is 4.14. The van der Waals surface area contributed by atoms with Crippen molar-refractivity contribution in [3.05, 3.63) is 0 Å². The van der Waals surface area contributed by atoms with Crippen LogP contribution in [0, 0.1) is 11.8 Å². The highest BCUT2D eigenvalue weighted by Gasteiger charge is 2.38. The molecule has 1 rings (SSSR count). The van der Waals surface area contributed by atoms with Crippen LogP contribution in [-0.4, -0.2) is 29.6 Å². The zero-order valence-corrected chi connectivity index (χ0v) is 10.6. The first kappa shape index (κ1) is 12.5. The van der Waals surface area contributed by atoms with Gasteiger partial charge in [-0.05, 0) is 18.8 Å². The fourth-order valence-corrected chi connectivity index (χ4v) is 2.08. The average Bonchev–Trinajstić information content (AvgIpc) is 2.44. The van der Waals surface area contributed by atoms with E-state index in [1.807, 2.05) is 4.90 Å². The Morgan fingerprint density at radius 3 is 2.47 bits per heavy atom. The van der Waals surface area contributed by atoms with E-state index in [9.17, 15) is 4.79 Å². The van der Waals surface area contributed by atoms with Gasteiger partial charge in [0.05, 0.1) is 12.2 Å². The van der Waals surface area contributed by atoms with E-state index in [0.29, 0.717) is 11.8 Å². The molecular formula is C12H24N2O. The molecule has 1 aliphatic heterocycles. The molecule has 0 bridgehead atoms. The molecule has 1 saturated heterocycles. The van der Waals surface area contributed by atoms with Gasteiger partial charge in [-0.1, -0.05) is 34.1 Å². The monoisotopic (exact) mass is 212 g/mol. The molecule has 88 valence electrons. The average molecular weight is 212 g/mol. The fourth-order valence-electron chi connectivity index (χ4n) is 2.08. The number of carbonyl (C=O) groups excluding carboxylic acids is 1. The minimum absolute atomic E-state index is 0.0312. The Morgan fingerprint density at radius 2 is 2.00 bits per heavy atom. The van der Waals surface area contributed by atoms with Crippen molar-refractivity contribution in [1.82, 2.24) is 10.2 Å². The number of amides is 1. The van der Waals surface area contributed by atoms with E-state index in [4.69, 9.17) is 0 Å². The number of hydrogen-bond donors (Lipinski definition) is 1. The van der Waals surface area contributed by atoms with Crippen molar-refractivity contribution in [2.24, 2.45) is 11.8 Å². The summed E-state index contributed by atoms with van der Waals surface area (Å²) in [6.45, 7) is 11.5. The molecule has 0 radical (unpaired) electrons. The Morgan fingerprint density at radius 1 is 1.40 bits per heavy atom. The molecule has 0 aromatic rings. The Hall–Kier alpha value is -0.570. The normalized spacial score (nSPS) is 28.9. The molecule has 0 aromatic heterocycles. The lowest BCUT2D eigenvalue weighted by Gasteiger charge is -2.22. The third-order valence-corrected chi connectivity index (χ3v) is 3.21. The molecule has 0 spiro atoms. The number of nitrogens with one attached hydrogen (secondary N) is 1. The Bertz CT molecular complexity index is 228. The summed E-state index contributed by atoms with van der Waals surface area (Å²) in [6.07, 6.45) is 1.24. The standard InChI is InChI=1S/C12H24N2O/c1-6-9(4)11-12(15)14(7-8(2)3)10(5)13-11/h8-11,13H,6-7H2,1-5H3. The summed E-state index contributed by atoms with van der Waals surface area (Å²) >= 11 is 0. The van der Waals surface area contributed by atoms with Crippen LogP contribution < -0.4 is 5.32 Å². The molecule has 0 aliphatic carbocycles. The number of nitrogens with zero attached hydrogens (tertiary/aromatic N) is 1. The van der Waals surface area contributed by atoms with Gasteiger partial charge in [0.1, 0.15) is 0 Å². The first-order valence-electron chi connectivity index (χ1n) is 6.03. The minimum atomic E-state index is 0.0312. The maximum absolute atomic E-state index is 12.1. The number of carbonyl (C=O) groups is 1. The molecule has 1 amide bonds. The third-order valence-electron chi connectivity index (χ3n) is 3.21. The van der Waals surface area contributed by atoms with E-state index < -0.39 is 0 Å². The van der Waals surface area contributed by atoms with Gasteiger partial charge >= 0.3 is 0 Å². The maximum Gasteiger partial charge on any atom is 0.241 e. The Balaban J connectivity index is 2.66. The summed E-state index contributed by atoms with van der Waals surface area (Å²) in [7, 11) is 0. The van der Waals surface area contributed by atoms with Crippen LogP contribution in [0.1, 0.15) is 41.0 Å². The zero-order chi connectivity index (χ0) is 11.6. The van der Waals surface area contributed by atoms with Crippen molar-refractivity contribution >= 4 is 5.91 Å². The summed E-state index contributed by atoms with van der Waals surface area (Å²) in [6, 6.07) is 0.0312. The van der Waals surface area contributed by atoms with Crippen LogP contribution in [0.25, 0.3) is 0 Å². The maximum atomic E-state index is 12.1. The van der Waals surface area contributed by atoms with E-state index in [1.165, 1.54) is 0 Å². The highest BCUT2D eigenvalue weighted by Crippen LogP contribution is 2.19. The molecule has 1 heterocycles. The SMILES string of the molecule is CCC(C)C1NC(C)N(CC(C)C)C1=O. The molecule has 3 atom stereocenters. The van der Waals surface area contributed by atoms with Crippen molar-refractivity contribution in [3.8, 4) is 0 Å². The third kappa shape index (κ3) is 2.71. The van der Waals surface area contributed by atoms with Crippen LogP contribution in [0.2, 0.25) is 0 Å². The molecule has 3 unspecified atom stereocenters. The van der Waals surface area contributed by atoms with E-state index in [1.54, 1.807) is 0 Å². The summed E-state index contributed by atoms with van der Waals surface area (Å²) in [5.74, 6) is 1.25. The van der Waals surface area contributed by atoms with E-state index in [-0.39, 0.29) is 18.1 Å². The van der Waals surface area contributed by atoms with Gasteiger partial charge in [-0.2, -0.15) is 0 Å². The predicted octanol–water partition coefficient (Wildman–Crippen LogP) is 1.83. The lowest BCUT2D eigenvalue weighted by molar-refractivity contribution is -0.131. The molecule has 3 nitrogen and oxygen atoms in total. The smallest absolute Gasteiger partial charge is 0.241 e. The predicted molar refractivity (Wildman–Crippen MR) is 62.4 cm³/mol. The van der Waals surface area contributed by atoms with Crippen molar-refractivity contribution in [1.29, 1.82) is 0 Å². The van der Waals surface area contributed by atoms with Crippen LogP contribution in [0.15, 0.2) is 0 Å². The Labute approximate surface area is 93.2 Å². The van der Waals surface area contributed by atoms with Gasteiger partial charge in [0.25, 0.3) is 0 Å². The molecular weight excluding hydrogens is 188 g/mol. The summed E-state index contributed by atoms with van der Waals surface area (Å²) < 4.78 is 0. The number of rotatable bonds is 4. The first-order chi connectivity index (χ1) is 6.97. The van der Waals surface area contributed by atoms with Gasteiger partial charge in [-0.15, -0.1) is 0 Å². The molecule has 3 heteroatoms. The van der Waals surface area contributed by atoms with E-state index in [0.717, 1.165) is 13.0 Å². The van der Waals surface area contributed by atoms with Crippen molar-refractivity contribution in [2.45, 2.75) is 53.2 Å². The van der Waals surface area contributed by atoms with Crippen LogP contribution in [0.5, 0.6) is 0 Å². The van der Waals surface area contributed by atoms with Gasteiger partial charge in [-0.25, -0.2) is 0 Å². The second-order valence-corrected chi connectivity index (χ2v) is 5.09. The van der Waals surface area contributed by atoms with Gasteiger partial charge < -0.3 is 4.90 Å².